The normalized spacial score (nSPS) is 12.8. The van der Waals surface area contributed by atoms with Crippen molar-refractivity contribution in [3.8, 4) is 11.1 Å². The van der Waals surface area contributed by atoms with Gasteiger partial charge in [-0.15, -0.1) is 0 Å². The third-order valence-corrected chi connectivity index (χ3v) is 4.82. The number of hydrogen-bond acceptors (Lipinski definition) is 1. The zero-order chi connectivity index (χ0) is 22.7. The van der Waals surface area contributed by atoms with Gasteiger partial charge in [-0.2, -0.15) is 13.2 Å². The smallest absolute Gasteiger partial charge is 0.385 e. The Balaban J connectivity index is 2.55. The Morgan fingerprint density at radius 1 is 1.00 bits per heavy atom. The van der Waals surface area contributed by atoms with E-state index in [0.717, 1.165) is 47.5 Å². The van der Waals surface area contributed by atoms with Gasteiger partial charge in [0.1, 0.15) is 0 Å². The second-order valence-corrected chi connectivity index (χ2v) is 7.49. The van der Waals surface area contributed by atoms with Crippen LogP contribution >= 0.6 is 0 Å². The van der Waals surface area contributed by atoms with E-state index in [1.54, 1.807) is 18.2 Å². The number of halogens is 5. The quantitative estimate of drug-likeness (QED) is 0.355. The summed E-state index contributed by atoms with van der Waals surface area (Å²) in [6, 6.07) is 7.63. The van der Waals surface area contributed by atoms with Gasteiger partial charge in [-0.25, -0.2) is 8.78 Å². The first-order chi connectivity index (χ1) is 13.8. The largest absolute Gasteiger partial charge is 0.416 e. The first kappa shape index (κ1) is 23.6. The minimum absolute atomic E-state index is 0.0941. The Bertz CT molecular complexity index is 917. The van der Waals surface area contributed by atoms with Crippen molar-refractivity contribution in [1.82, 2.24) is 5.32 Å². The summed E-state index contributed by atoms with van der Waals surface area (Å²) in [7, 11) is 0. The SMILES string of the molecule is C=C(NCCC)/C(C)=C/c1cc(-c2cc(C(C)(F)F)cc(C(F)(F)F)c2)ccc1C. The Morgan fingerprint density at radius 3 is 2.20 bits per heavy atom. The fourth-order valence-electron chi connectivity index (χ4n) is 2.92. The maximum Gasteiger partial charge on any atom is 0.416 e. The third-order valence-electron chi connectivity index (χ3n) is 4.82. The van der Waals surface area contributed by atoms with Gasteiger partial charge in [-0.05, 0) is 78.4 Å². The van der Waals surface area contributed by atoms with Crippen LogP contribution in [-0.2, 0) is 12.1 Å². The zero-order valence-corrected chi connectivity index (χ0v) is 17.6. The van der Waals surface area contributed by atoms with Gasteiger partial charge in [0.2, 0.25) is 0 Å². The lowest BCUT2D eigenvalue weighted by molar-refractivity contribution is -0.137. The number of allylic oxidation sites excluding steroid dienone is 1. The van der Waals surface area contributed by atoms with Crippen molar-refractivity contribution in [2.45, 2.75) is 46.2 Å². The van der Waals surface area contributed by atoms with Crippen molar-refractivity contribution in [1.29, 1.82) is 0 Å². The number of rotatable bonds is 7. The lowest BCUT2D eigenvalue weighted by Crippen LogP contribution is -2.13. The number of hydrogen-bond donors (Lipinski definition) is 1. The van der Waals surface area contributed by atoms with Gasteiger partial charge in [0.25, 0.3) is 5.92 Å². The lowest BCUT2D eigenvalue weighted by Gasteiger charge is -2.17. The van der Waals surface area contributed by atoms with Crippen LogP contribution in [0.3, 0.4) is 0 Å². The highest BCUT2D eigenvalue weighted by Gasteiger charge is 2.34. The van der Waals surface area contributed by atoms with Gasteiger partial charge in [0.05, 0.1) is 5.56 Å². The number of aryl methyl sites for hydroxylation is 1. The highest BCUT2D eigenvalue weighted by molar-refractivity contribution is 5.71. The maximum atomic E-state index is 13.8. The molecular weight excluding hydrogens is 397 g/mol. The minimum Gasteiger partial charge on any atom is -0.385 e. The fraction of sp³-hybridized carbons (Fsp3) is 0.333. The van der Waals surface area contributed by atoms with Crippen molar-refractivity contribution in [3.63, 3.8) is 0 Å². The molecule has 0 aromatic heterocycles. The molecule has 6 heteroatoms. The van der Waals surface area contributed by atoms with Crippen LogP contribution in [0.4, 0.5) is 22.0 Å². The average Bonchev–Trinajstić information content (AvgIpc) is 2.65. The molecule has 30 heavy (non-hydrogen) atoms. The molecule has 0 aliphatic rings. The van der Waals surface area contributed by atoms with E-state index in [-0.39, 0.29) is 5.56 Å². The molecule has 0 fully saturated rings. The summed E-state index contributed by atoms with van der Waals surface area (Å²) in [6.07, 6.45) is -1.89. The predicted molar refractivity (Wildman–Crippen MR) is 112 cm³/mol. The highest BCUT2D eigenvalue weighted by Crippen LogP contribution is 2.38. The zero-order valence-electron chi connectivity index (χ0n) is 17.6. The molecule has 0 radical (unpaired) electrons. The van der Waals surface area contributed by atoms with Gasteiger partial charge < -0.3 is 5.32 Å². The monoisotopic (exact) mass is 423 g/mol. The average molecular weight is 423 g/mol. The second-order valence-electron chi connectivity index (χ2n) is 7.49. The molecule has 0 unspecified atom stereocenters. The van der Waals surface area contributed by atoms with Crippen LogP contribution in [0.1, 0.15) is 49.4 Å². The summed E-state index contributed by atoms with van der Waals surface area (Å²) in [6.45, 7) is 11.2. The molecule has 0 saturated heterocycles. The summed E-state index contributed by atoms with van der Waals surface area (Å²) < 4.78 is 67.5. The van der Waals surface area contributed by atoms with Crippen LogP contribution in [0.2, 0.25) is 0 Å². The molecule has 2 rings (SSSR count). The highest BCUT2D eigenvalue weighted by atomic mass is 19.4. The summed E-state index contributed by atoms with van der Waals surface area (Å²) in [5.74, 6) is -3.39. The molecule has 0 spiro atoms. The Labute approximate surface area is 174 Å². The van der Waals surface area contributed by atoms with Crippen molar-refractivity contribution < 1.29 is 22.0 Å². The van der Waals surface area contributed by atoms with Crippen LogP contribution in [0.15, 0.2) is 54.2 Å². The number of alkyl halides is 5. The van der Waals surface area contributed by atoms with E-state index in [4.69, 9.17) is 0 Å². The molecule has 0 amide bonds. The lowest BCUT2D eigenvalue weighted by atomic mass is 9.94. The van der Waals surface area contributed by atoms with E-state index >= 15 is 0 Å². The van der Waals surface area contributed by atoms with Crippen LogP contribution in [0.5, 0.6) is 0 Å². The standard InChI is InChI=1S/C24H26F5N/c1-6-9-30-17(4)16(3)10-19-11-18(8-7-15(19)2)20-12-21(23(5,25)26)14-22(13-20)24(27,28)29/h7-8,10-14,30H,4,6,9H2,1-3,5H3/b16-10+. The molecule has 0 bridgehead atoms. The molecule has 0 atom stereocenters. The molecule has 2 aromatic carbocycles. The van der Waals surface area contributed by atoms with Crippen molar-refractivity contribution >= 4 is 6.08 Å². The molecule has 162 valence electrons. The van der Waals surface area contributed by atoms with E-state index in [1.807, 2.05) is 26.8 Å². The molecule has 1 N–H and O–H groups in total. The Morgan fingerprint density at radius 2 is 1.63 bits per heavy atom. The Hall–Kier alpha value is -2.63. The summed E-state index contributed by atoms with van der Waals surface area (Å²) in [5.41, 5.74) is 2.10. The minimum atomic E-state index is -4.72. The van der Waals surface area contributed by atoms with Crippen LogP contribution in [0.25, 0.3) is 17.2 Å². The molecule has 0 saturated carbocycles. The molecule has 0 aliphatic heterocycles. The van der Waals surface area contributed by atoms with Crippen molar-refractivity contribution in [2.24, 2.45) is 0 Å². The van der Waals surface area contributed by atoms with E-state index in [1.165, 1.54) is 0 Å². The van der Waals surface area contributed by atoms with E-state index in [0.29, 0.717) is 18.6 Å². The van der Waals surface area contributed by atoms with Gasteiger partial charge in [0.15, 0.2) is 0 Å². The van der Waals surface area contributed by atoms with Crippen molar-refractivity contribution in [2.75, 3.05) is 6.54 Å². The second kappa shape index (κ2) is 9.02. The first-order valence-electron chi connectivity index (χ1n) is 9.66. The first-order valence-corrected chi connectivity index (χ1v) is 9.66. The number of nitrogens with one attached hydrogen (secondary N) is 1. The van der Waals surface area contributed by atoms with Gasteiger partial charge >= 0.3 is 6.18 Å². The molecular formula is C24H26F5N. The fourth-order valence-corrected chi connectivity index (χ4v) is 2.92. The number of benzene rings is 2. The maximum absolute atomic E-state index is 13.8. The van der Waals surface area contributed by atoms with Crippen LogP contribution in [0, 0.1) is 6.92 Å². The summed E-state index contributed by atoms with van der Waals surface area (Å²) in [5, 5.41) is 3.20. The van der Waals surface area contributed by atoms with Crippen LogP contribution in [-0.4, -0.2) is 6.54 Å². The molecule has 0 heterocycles. The van der Waals surface area contributed by atoms with E-state index in [9.17, 15) is 22.0 Å². The Kier molecular flexibility index (Phi) is 7.11. The predicted octanol–water partition coefficient (Wildman–Crippen LogP) is 7.71. The van der Waals surface area contributed by atoms with Gasteiger partial charge in [0, 0.05) is 24.7 Å². The van der Waals surface area contributed by atoms with E-state index < -0.39 is 23.2 Å². The topological polar surface area (TPSA) is 12.0 Å². The third kappa shape index (κ3) is 5.94. The van der Waals surface area contributed by atoms with Crippen molar-refractivity contribution in [3.05, 3.63) is 76.5 Å². The molecule has 1 nitrogen and oxygen atoms in total. The summed E-state index contributed by atoms with van der Waals surface area (Å²) in [4.78, 5) is 0. The van der Waals surface area contributed by atoms with Gasteiger partial charge in [-0.3, -0.25) is 0 Å². The summed E-state index contributed by atoms with van der Waals surface area (Å²) >= 11 is 0. The van der Waals surface area contributed by atoms with E-state index in [2.05, 4.69) is 11.9 Å². The molecule has 2 aromatic rings. The van der Waals surface area contributed by atoms with Crippen LogP contribution < -0.4 is 5.32 Å². The van der Waals surface area contributed by atoms with Gasteiger partial charge in [-0.1, -0.05) is 25.6 Å². The molecule has 0 aliphatic carbocycles.